The zero-order chi connectivity index (χ0) is 24.4. The number of alkyl halides is 3. The minimum Gasteiger partial charge on any atom is -0.364 e. The molecule has 4 atom stereocenters. The van der Waals surface area contributed by atoms with Gasteiger partial charge in [-0.25, -0.2) is 0 Å². The molecule has 33 heavy (non-hydrogen) atoms. The number of carbonyl (C=O) groups is 2. The molecule has 1 aromatic heterocycles. The van der Waals surface area contributed by atoms with Crippen LogP contribution in [0.5, 0.6) is 0 Å². The van der Waals surface area contributed by atoms with Gasteiger partial charge in [0.2, 0.25) is 0 Å². The van der Waals surface area contributed by atoms with Gasteiger partial charge < -0.3 is 15.8 Å². The number of halogens is 3. The summed E-state index contributed by atoms with van der Waals surface area (Å²) in [5.41, 5.74) is 4.30. The number of ether oxygens (including phenoxy) is 1. The molecule has 1 saturated heterocycles. The molecule has 2 aromatic rings. The normalized spacial score (nSPS) is 25.1. The maximum absolute atomic E-state index is 14.0. The molecule has 3 rings (SSSR count). The lowest BCUT2D eigenvalue weighted by atomic mass is 9.77. The van der Waals surface area contributed by atoms with E-state index >= 15 is 0 Å². The molecule has 0 unspecified atom stereocenters. The van der Waals surface area contributed by atoms with Gasteiger partial charge in [0.1, 0.15) is 11.8 Å². The molecule has 11 heteroatoms. The Morgan fingerprint density at radius 1 is 1.24 bits per heavy atom. The number of nitrogens with one attached hydrogen (secondary N) is 2. The Bertz CT molecular complexity index is 1020. The fourth-order valence-corrected chi connectivity index (χ4v) is 4.23. The van der Waals surface area contributed by atoms with Gasteiger partial charge in [0.15, 0.2) is 5.60 Å². The number of primary amides is 1. The molecule has 2 amide bonds. The predicted molar refractivity (Wildman–Crippen MR) is 119 cm³/mol. The second-order valence-electron chi connectivity index (χ2n) is 8.01. The molecule has 1 fully saturated rings. The van der Waals surface area contributed by atoms with Crippen LogP contribution in [-0.2, 0) is 16.1 Å². The Balaban J connectivity index is 1.93. The Morgan fingerprint density at radius 3 is 2.48 bits per heavy atom. The standard InChI is InChI=1S/C22H25F3N4O3S/c1-12-17(14-6-4-13(5-7-14)11-28-33-3)18(32-21(12,2)22(23,24)25)20(31)29-15-8-9-27-16(10-15)19(26)30/h4-10,12,17-18,28H,11H2,1-3H3,(H2,26,30)(H,27,29,31)/t12-,17-,18+,21+/m0/s1. The van der Waals surface area contributed by atoms with Crippen LogP contribution in [0.15, 0.2) is 42.6 Å². The van der Waals surface area contributed by atoms with E-state index in [1.807, 2.05) is 18.4 Å². The van der Waals surface area contributed by atoms with Crippen molar-refractivity contribution in [2.24, 2.45) is 11.7 Å². The molecule has 1 aliphatic heterocycles. The summed E-state index contributed by atoms with van der Waals surface area (Å²) >= 11 is 1.46. The number of hydrogen-bond acceptors (Lipinski definition) is 6. The monoisotopic (exact) mass is 482 g/mol. The molecular weight excluding hydrogens is 457 g/mol. The molecule has 2 heterocycles. The number of amides is 2. The highest BCUT2D eigenvalue weighted by Crippen LogP contribution is 2.53. The first-order valence-electron chi connectivity index (χ1n) is 10.1. The van der Waals surface area contributed by atoms with Crippen molar-refractivity contribution in [2.75, 3.05) is 11.6 Å². The van der Waals surface area contributed by atoms with Crippen LogP contribution in [-0.4, -0.2) is 40.9 Å². The average Bonchev–Trinajstić information content (AvgIpc) is 3.05. The number of carbonyl (C=O) groups excluding carboxylic acids is 2. The highest BCUT2D eigenvalue weighted by atomic mass is 32.2. The van der Waals surface area contributed by atoms with Crippen LogP contribution in [0.2, 0.25) is 0 Å². The van der Waals surface area contributed by atoms with Crippen LogP contribution in [0.25, 0.3) is 0 Å². The second-order valence-corrected chi connectivity index (χ2v) is 8.70. The topological polar surface area (TPSA) is 106 Å². The molecular formula is C22H25F3N4O3S. The summed E-state index contributed by atoms with van der Waals surface area (Å²) in [4.78, 5) is 28.2. The van der Waals surface area contributed by atoms with E-state index < -0.39 is 41.5 Å². The van der Waals surface area contributed by atoms with Crippen molar-refractivity contribution in [3.8, 4) is 0 Å². The quantitative estimate of drug-likeness (QED) is 0.521. The maximum atomic E-state index is 14.0. The molecule has 4 N–H and O–H groups in total. The number of hydrogen-bond donors (Lipinski definition) is 3. The van der Waals surface area contributed by atoms with Gasteiger partial charge in [-0.3, -0.25) is 19.3 Å². The van der Waals surface area contributed by atoms with Crippen molar-refractivity contribution in [3.63, 3.8) is 0 Å². The summed E-state index contributed by atoms with van der Waals surface area (Å²) in [5.74, 6) is -3.44. The smallest absolute Gasteiger partial charge is 0.364 e. The lowest BCUT2D eigenvalue weighted by Crippen LogP contribution is -2.47. The van der Waals surface area contributed by atoms with Crippen molar-refractivity contribution in [1.29, 1.82) is 0 Å². The number of benzene rings is 1. The third-order valence-electron chi connectivity index (χ3n) is 5.99. The Hall–Kier alpha value is -2.63. The van der Waals surface area contributed by atoms with E-state index in [0.29, 0.717) is 12.1 Å². The SMILES string of the molecule is CSNCc1ccc([C@H]2[C@H](C(=O)Nc3ccnc(C(N)=O)c3)O[C@@](C)(C(F)(F)F)[C@H]2C)cc1. The summed E-state index contributed by atoms with van der Waals surface area (Å²) in [7, 11) is 0. The zero-order valence-electron chi connectivity index (χ0n) is 18.3. The molecule has 178 valence electrons. The maximum Gasteiger partial charge on any atom is 0.417 e. The van der Waals surface area contributed by atoms with Crippen molar-refractivity contribution in [1.82, 2.24) is 9.71 Å². The van der Waals surface area contributed by atoms with Gasteiger partial charge in [0.05, 0.1) is 0 Å². The molecule has 1 aromatic carbocycles. The number of aromatic nitrogens is 1. The first kappa shape index (κ1) is 25.0. The van der Waals surface area contributed by atoms with Gasteiger partial charge in [0, 0.05) is 30.3 Å². The average molecular weight is 483 g/mol. The van der Waals surface area contributed by atoms with E-state index in [2.05, 4.69) is 15.0 Å². The van der Waals surface area contributed by atoms with Crippen LogP contribution in [0.1, 0.15) is 41.4 Å². The van der Waals surface area contributed by atoms with E-state index in [4.69, 9.17) is 10.5 Å². The van der Waals surface area contributed by atoms with E-state index in [9.17, 15) is 22.8 Å². The molecule has 0 spiro atoms. The number of rotatable bonds is 7. The number of anilines is 1. The number of nitrogens with zero attached hydrogens (tertiary/aromatic N) is 1. The summed E-state index contributed by atoms with van der Waals surface area (Å²) in [6.45, 7) is 2.99. The molecule has 0 radical (unpaired) electrons. The van der Waals surface area contributed by atoms with Gasteiger partial charge >= 0.3 is 6.18 Å². The molecule has 0 aliphatic carbocycles. The second kappa shape index (κ2) is 9.70. The number of pyridine rings is 1. The van der Waals surface area contributed by atoms with Crippen LogP contribution in [0.3, 0.4) is 0 Å². The first-order chi connectivity index (χ1) is 15.5. The molecule has 0 bridgehead atoms. The van der Waals surface area contributed by atoms with Crippen molar-refractivity contribution < 1.29 is 27.5 Å². The van der Waals surface area contributed by atoms with E-state index in [0.717, 1.165) is 12.5 Å². The minimum absolute atomic E-state index is 0.0837. The largest absolute Gasteiger partial charge is 0.417 e. The van der Waals surface area contributed by atoms with Crippen molar-refractivity contribution in [2.45, 2.75) is 44.2 Å². The van der Waals surface area contributed by atoms with E-state index in [1.165, 1.54) is 37.2 Å². The van der Waals surface area contributed by atoms with Gasteiger partial charge in [-0.15, -0.1) is 0 Å². The minimum atomic E-state index is -4.68. The molecule has 1 aliphatic rings. The van der Waals surface area contributed by atoms with Gasteiger partial charge in [-0.1, -0.05) is 43.1 Å². The summed E-state index contributed by atoms with van der Waals surface area (Å²) in [6.07, 6.45) is -2.93. The predicted octanol–water partition coefficient (Wildman–Crippen LogP) is 3.63. The van der Waals surface area contributed by atoms with Crippen LogP contribution < -0.4 is 15.8 Å². The van der Waals surface area contributed by atoms with Crippen LogP contribution in [0, 0.1) is 5.92 Å². The lowest BCUT2D eigenvalue weighted by Gasteiger charge is -2.31. The van der Waals surface area contributed by atoms with E-state index in [1.54, 1.807) is 12.1 Å². The highest BCUT2D eigenvalue weighted by molar-refractivity contribution is 7.96. The van der Waals surface area contributed by atoms with Crippen molar-refractivity contribution >= 4 is 29.4 Å². The van der Waals surface area contributed by atoms with Gasteiger partial charge in [-0.05, 0) is 36.4 Å². The molecule has 7 nitrogen and oxygen atoms in total. The highest BCUT2D eigenvalue weighted by Gasteiger charge is 2.65. The fraction of sp³-hybridized carbons (Fsp3) is 0.409. The first-order valence-corrected chi connectivity index (χ1v) is 11.4. The number of nitrogens with two attached hydrogens (primary N) is 1. The molecule has 0 saturated carbocycles. The summed E-state index contributed by atoms with van der Waals surface area (Å²) in [5, 5.41) is 2.54. The van der Waals surface area contributed by atoms with Crippen LogP contribution >= 0.6 is 11.9 Å². The fourth-order valence-electron chi connectivity index (χ4n) is 3.92. The van der Waals surface area contributed by atoms with Gasteiger partial charge in [-0.2, -0.15) is 13.2 Å². The third-order valence-corrected chi connectivity index (χ3v) is 6.42. The summed E-state index contributed by atoms with van der Waals surface area (Å²) < 4.78 is 50.4. The summed E-state index contributed by atoms with van der Waals surface area (Å²) in [6, 6.07) is 9.74. The van der Waals surface area contributed by atoms with Crippen molar-refractivity contribution in [3.05, 3.63) is 59.4 Å². The Kier molecular flexibility index (Phi) is 7.35. The van der Waals surface area contributed by atoms with Crippen LogP contribution in [0.4, 0.5) is 18.9 Å². The van der Waals surface area contributed by atoms with E-state index in [-0.39, 0.29) is 11.4 Å². The Labute approximate surface area is 193 Å². The lowest BCUT2D eigenvalue weighted by molar-refractivity contribution is -0.272. The Morgan fingerprint density at radius 2 is 1.91 bits per heavy atom. The zero-order valence-corrected chi connectivity index (χ0v) is 19.1. The third kappa shape index (κ3) is 5.15. The van der Waals surface area contributed by atoms with Gasteiger partial charge in [0.25, 0.3) is 11.8 Å².